The molecule has 2 fully saturated rings. The Morgan fingerprint density at radius 2 is 2.04 bits per heavy atom. The number of phenolic OH excluding ortho intramolecular Hbond substituents is 1. The third kappa shape index (κ3) is 2.87. The molecule has 1 aromatic heterocycles. The van der Waals surface area contributed by atoms with Gasteiger partial charge in [-0.25, -0.2) is 0 Å². The van der Waals surface area contributed by atoms with E-state index >= 15 is 0 Å². The number of aliphatic hydroxyl groups excluding tert-OH is 1. The van der Waals surface area contributed by atoms with Crippen LogP contribution in [0, 0.1) is 0 Å². The van der Waals surface area contributed by atoms with Gasteiger partial charge in [0.2, 0.25) is 5.91 Å². The lowest BCUT2D eigenvalue weighted by atomic mass is 10.0. The number of aromatic nitrogens is 1. The van der Waals surface area contributed by atoms with Crippen LogP contribution in [0.2, 0.25) is 0 Å². The predicted octanol–water partition coefficient (Wildman–Crippen LogP) is 1.43. The maximum Gasteiger partial charge on any atom is 0.225 e. The summed E-state index contributed by atoms with van der Waals surface area (Å²) in [6.45, 7) is 3.27. The molecule has 128 valence electrons. The number of piperidine rings is 1. The third-order valence-corrected chi connectivity index (χ3v) is 5.28. The molecule has 0 saturated carbocycles. The van der Waals surface area contributed by atoms with Gasteiger partial charge in [0.25, 0.3) is 0 Å². The van der Waals surface area contributed by atoms with Crippen LogP contribution in [0.4, 0.5) is 0 Å². The van der Waals surface area contributed by atoms with E-state index in [4.69, 9.17) is 0 Å². The lowest BCUT2D eigenvalue weighted by Crippen LogP contribution is -2.45. The van der Waals surface area contributed by atoms with Crippen LogP contribution < -0.4 is 0 Å². The number of aromatic hydroxyl groups is 1. The van der Waals surface area contributed by atoms with Gasteiger partial charge >= 0.3 is 0 Å². The second-order valence-electron chi connectivity index (χ2n) is 6.96. The number of carbonyl (C=O) groups is 1. The van der Waals surface area contributed by atoms with Crippen molar-refractivity contribution in [1.82, 2.24) is 14.8 Å². The quantitative estimate of drug-likeness (QED) is 0.796. The molecular formula is C18H23N3O3. The Hall–Kier alpha value is -2.05. The van der Waals surface area contributed by atoms with Crippen molar-refractivity contribution in [2.75, 3.05) is 19.6 Å². The molecule has 2 aromatic rings. The van der Waals surface area contributed by atoms with Crippen LogP contribution in [0.15, 0.2) is 24.4 Å². The topological polar surface area (TPSA) is 79.8 Å². The summed E-state index contributed by atoms with van der Waals surface area (Å²) in [6.07, 6.45) is 3.72. The molecule has 6 nitrogen and oxygen atoms in total. The Balaban J connectivity index is 1.38. The lowest BCUT2D eigenvalue weighted by molar-refractivity contribution is -0.130. The van der Waals surface area contributed by atoms with Crippen LogP contribution in [0.1, 0.15) is 24.8 Å². The van der Waals surface area contributed by atoms with E-state index in [1.54, 1.807) is 12.1 Å². The van der Waals surface area contributed by atoms with Gasteiger partial charge in [-0.2, -0.15) is 0 Å². The number of aromatic amines is 1. The minimum atomic E-state index is -0.488. The summed E-state index contributed by atoms with van der Waals surface area (Å²) in [5.74, 6) is 0.367. The summed E-state index contributed by atoms with van der Waals surface area (Å²) in [7, 11) is 0. The molecule has 6 heteroatoms. The van der Waals surface area contributed by atoms with Crippen LogP contribution in [0.3, 0.4) is 0 Å². The molecule has 2 aliphatic rings. The molecular weight excluding hydrogens is 306 g/mol. The van der Waals surface area contributed by atoms with E-state index in [1.165, 1.54) is 5.56 Å². The summed E-state index contributed by atoms with van der Waals surface area (Å²) in [5, 5.41) is 20.3. The number of β-amino-alcohol motifs (C(OH)–C–C–N with tert-alkyl or cyclic N) is 1. The summed E-state index contributed by atoms with van der Waals surface area (Å²) in [6, 6.07) is 5.69. The lowest BCUT2D eigenvalue weighted by Gasteiger charge is -2.36. The van der Waals surface area contributed by atoms with Crippen LogP contribution in [0.25, 0.3) is 10.9 Å². The molecule has 2 saturated heterocycles. The van der Waals surface area contributed by atoms with E-state index < -0.39 is 6.10 Å². The smallest absolute Gasteiger partial charge is 0.225 e. The summed E-state index contributed by atoms with van der Waals surface area (Å²) >= 11 is 0. The minimum absolute atomic E-state index is 0.0948. The number of nitrogens with zero attached hydrogens (tertiary/aromatic N) is 2. The van der Waals surface area contributed by atoms with E-state index in [2.05, 4.69) is 9.88 Å². The molecule has 0 unspecified atom stereocenters. The Bertz CT molecular complexity index is 749. The number of carbonyl (C=O) groups excluding carboxylic acids is 1. The Labute approximate surface area is 140 Å². The highest BCUT2D eigenvalue weighted by molar-refractivity contribution is 5.84. The molecule has 0 bridgehead atoms. The molecule has 4 rings (SSSR count). The van der Waals surface area contributed by atoms with Gasteiger partial charge in [-0.3, -0.25) is 9.69 Å². The first-order valence-corrected chi connectivity index (χ1v) is 8.59. The van der Waals surface area contributed by atoms with Gasteiger partial charge in [-0.15, -0.1) is 0 Å². The number of nitrogens with one attached hydrogen (secondary N) is 1. The monoisotopic (exact) mass is 329 g/mol. The van der Waals surface area contributed by atoms with Crippen LogP contribution in [-0.4, -0.2) is 62.7 Å². The molecule has 0 radical (unpaired) electrons. The van der Waals surface area contributed by atoms with Gasteiger partial charge in [-0.05, 0) is 30.5 Å². The minimum Gasteiger partial charge on any atom is -0.508 e. The molecule has 1 amide bonds. The van der Waals surface area contributed by atoms with Crippen molar-refractivity contribution in [2.24, 2.45) is 0 Å². The largest absolute Gasteiger partial charge is 0.508 e. The van der Waals surface area contributed by atoms with Gasteiger partial charge < -0.3 is 20.1 Å². The van der Waals surface area contributed by atoms with Crippen molar-refractivity contribution in [1.29, 1.82) is 0 Å². The van der Waals surface area contributed by atoms with Gasteiger partial charge in [0.15, 0.2) is 0 Å². The van der Waals surface area contributed by atoms with Gasteiger partial charge in [0, 0.05) is 55.4 Å². The summed E-state index contributed by atoms with van der Waals surface area (Å²) < 4.78 is 0. The fourth-order valence-electron chi connectivity index (χ4n) is 4.00. The molecule has 2 aliphatic heterocycles. The first-order chi connectivity index (χ1) is 11.6. The van der Waals surface area contributed by atoms with Gasteiger partial charge in [0.05, 0.1) is 12.5 Å². The van der Waals surface area contributed by atoms with E-state index in [1.807, 2.05) is 17.2 Å². The number of H-pyrrole nitrogens is 1. The fraction of sp³-hybridized carbons (Fsp3) is 0.500. The van der Waals surface area contributed by atoms with Crippen molar-refractivity contribution in [3.8, 4) is 5.75 Å². The zero-order valence-corrected chi connectivity index (χ0v) is 13.6. The normalized spacial score (nSPS) is 23.5. The number of aliphatic hydroxyl groups is 1. The second kappa shape index (κ2) is 6.11. The van der Waals surface area contributed by atoms with Gasteiger partial charge in [-0.1, -0.05) is 0 Å². The number of amides is 1. The average Bonchev–Trinajstić information content (AvgIpc) is 3.11. The van der Waals surface area contributed by atoms with E-state index in [0.717, 1.165) is 43.4 Å². The first kappa shape index (κ1) is 15.5. The van der Waals surface area contributed by atoms with Crippen molar-refractivity contribution in [2.45, 2.75) is 38.0 Å². The van der Waals surface area contributed by atoms with Crippen molar-refractivity contribution in [3.63, 3.8) is 0 Å². The van der Waals surface area contributed by atoms with Crippen molar-refractivity contribution < 1.29 is 15.0 Å². The van der Waals surface area contributed by atoms with E-state index in [9.17, 15) is 15.0 Å². The zero-order chi connectivity index (χ0) is 16.7. The molecule has 1 atom stereocenters. The standard InChI is InChI=1S/C18H23N3O3/c22-14-1-2-16-12(9-19-17(16)7-14)10-20-5-3-13(4-6-20)21-11-15(23)8-18(21)24/h1-2,7,9,13,15,19,22-23H,3-6,8,10-11H2/t15-/m1/s1. The SMILES string of the molecule is O=C1C[C@@H](O)CN1C1CCN(Cc2c[nH]c3cc(O)ccc23)CC1. The molecule has 1 aromatic carbocycles. The molecule has 3 N–H and O–H groups in total. The van der Waals surface area contributed by atoms with E-state index in [-0.39, 0.29) is 24.1 Å². The Morgan fingerprint density at radius 1 is 1.25 bits per heavy atom. The number of hydrogen-bond donors (Lipinski definition) is 3. The molecule has 0 spiro atoms. The van der Waals surface area contributed by atoms with Crippen LogP contribution >= 0.6 is 0 Å². The summed E-state index contributed by atoms with van der Waals surface area (Å²) in [5.41, 5.74) is 2.19. The average molecular weight is 329 g/mol. The number of fused-ring (bicyclic) bond motifs is 1. The highest BCUT2D eigenvalue weighted by Gasteiger charge is 2.34. The summed E-state index contributed by atoms with van der Waals surface area (Å²) in [4.78, 5) is 19.4. The maximum absolute atomic E-state index is 11.9. The first-order valence-electron chi connectivity index (χ1n) is 8.59. The third-order valence-electron chi connectivity index (χ3n) is 5.28. The number of hydrogen-bond acceptors (Lipinski definition) is 4. The van der Waals surface area contributed by atoms with Crippen LogP contribution in [0.5, 0.6) is 5.75 Å². The maximum atomic E-state index is 11.9. The number of benzene rings is 1. The highest BCUT2D eigenvalue weighted by atomic mass is 16.3. The molecule has 0 aliphatic carbocycles. The Morgan fingerprint density at radius 3 is 2.75 bits per heavy atom. The van der Waals surface area contributed by atoms with E-state index in [0.29, 0.717) is 6.54 Å². The number of phenols is 1. The predicted molar refractivity (Wildman–Crippen MR) is 90.6 cm³/mol. The number of rotatable bonds is 3. The second-order valence-corrected chi connectivity index (χ2v) is 6.96. The number of likely N-dealkylation sites (tertiary alicyclic amines) is 2. The molecule has 24 heavy (non-hydrogen) atoms. The zero-order valence-electron chi connectivity index (χ0n) is 13.6. The fourth-order valence-corrected chi connectivity index (χ4v) is 4.00. The van der Waals surface area contributed by atoms with Crippen LogP contribution in [-0.2, 0) is 11.3 Å². The highest BCUT2D eigenvalue weighted by Crippen LogP contribution is 2.26. The van der Waals surface area contributed by atoms with Crippen molar-refractivity contribution >= 4 is 16.8 Å². The van der Waals surface area contributed by atoms with Crippen molar-refractivity contribution in [3.05, 3.63) is 30.0 Å². The molecule has 3 heterocycles. The van der Waals surface area contributed by atoms with Gasteiger partial charge in [0.1, 0.15) is 5.75 Å². The Kier molecular flexibility index (Phi) is 3.94.